The monoisotopic (exact) mass is 261 g/mol. The van der Waals surface area contributed by atoms with E-state index in [-0.39, 0.29) is 11.2 Å². The molecule has 104 valence electrons. The largest absolute Gasteiger partial charge is 0.549 e. The molecule has 1 saturated carbocycles. The van der Waals surface area contributed by atoms with Gasteiger partial charge in [-0.3, -0.25) is 0 Å². The molecule has 1 N–H and O–H groups in total. The number of aromatic hydroxyl groups is 1. The van der Waals surface area contributed by atoms with Crippen LogP contribution in [-0.2, 0) is 15.6 Å². The van der Waals surface area contributed by atoms with Gasteiger partial charge in [-0.1, -0.05) is 45.7 Å². The summed E-state index contributed by atoms with van der Waals surface area (Å²) in [6, 6.07) is 5.18. The highest BCUT2D eigenvalue weighted by molar-refractivity contribution is 5.80. The fraction of sp³-hybridized carbons (Fsp3) is 0.562. The number of phenols is 1. The molecule has 1 aliphatic rings. The van der Waals surface area contributed by atoms with Gasteiger partial charge in [0.1, 0.15) is 5.75 Å². The van der Waals surface area contributed by atoms with E-state index >= 15 is 0 Å². The number of rotatable bonds is 2. The summed E-state index contributed by atoms with van der Waals surface area (Å²) in [7, 11) is 0. The van der Waals surface area contributed by atoms with Gasteiger partial charge in [0.2, 0.25) is 0 Å². The molecule has 0 saturated heterocycles. The van der Waals surface area contributed by atoms with E-state index in [4.69, 9.17) is 0 Å². The Balaban J connectivity index is 2.54. The smallest absolute Gasteiger partial charge is 0.119 e. The highest BCUT2D eigenvalue weighted by Crippen LogP contribution is 2.43. The predicted molar refractivity (Wildman–Crippen MR) is 72.0 cm³/mol. The summed E-state index contributed by atoms with van der Waals surface area (Å²) in [6.07, 6.45) is 3.09. The second kappa shape index (κ2) is 4.55. The Labute approximate surface area is 114 Å². The van der Waals surface area contributed by atoms with E-state index in [1.165, 1.54) is 0 Å². The third-order valence-electron chi connectivity index (χ3n) is 4.20. The molecule has 0 aromatic heterocycles. The number of hydrogen-bond donors (Lipinski definition) is 1. The van der Waals surface area contributed by atoms with Crippen LogP contribution in [0, 0.1) is 0 Å². The van der Waals surface area contributed by atoms with Crippen molar-refractivity contribution >= 4 is 5.97 Å². The second-order valence-electron chi connectivity index (χ2n) is 6.56. The zero-order valence-corrected chi connectivity index (χ0v) is 11.8. The first-order valence-electron chi connectivity index (χ1n) is 6.83. The van der Waals surface area contributed by atoms with Crippen molar-refractivity contribution in [2.24, 2.45) is 0 Å². The number of carboxylic acids is 1. The number of carbonyl (C=O) groups is 1. The van der Waals surface area contributed by atoms with Crippen LogP contribution in [0.25, 0.3) is 0 Å². The molecular weight excluding hydrogens is 240 g/mol. The molecule has 0 bridgehead atoms. The van der Waals surface area contributed by atoms with Crippen molar-refractivity contribution < 1.29 is 15.0 Å². The zero-order chi connectivity index (χ0) is 14.3. The van der Waals surface area contributed by atoms with Crippen LogP contribution >= 0.6 is 0 Å². The van der Waals surface area contributed by atoms with E-state index in [1.54, 1.807) is 12.1 Å². The predicted octanol–water partition coefficient (Wildman–Crippen LogP) is 2.25. The first-order valence-corrected chi connectivity index (χ1v) is 6.83. The van der Waals surface area contributed by atoms with E-state index < -0.39 is 11.4 Å². The number of hydrogen-bond acceptors (Lipinski definition) is 3. The average Bonchev–Trinajstić information content (AvgIpc) is 2.78. The van der Waals surface area contributed by atoms with E-state index in [2.05, 4.69) is 0 Å². The summed E-state index contributed by atoms with van der Waals surface area (Å²) in [5.41, 5.74) is 0.477. The minimum atomic E-state index is -0.990. The molecule has 0 heterocycles. The maximum Gasteiger partial charge on any atom is 0.119 e. The Hall–Kier alpha value is -1.51. The maximum absolute atomic E-state index is 11.6. The van der Waals surface area contributed by atoms with Gasteiger partial charge in [0.05, 0.1) is 5.97 Å². The highest BCUT2D eigenvalue weighted by Gasteiger charge is 2.38. The van der Waals surface area contributed by atoms with Crippen LogP contribution < -0.4 is 5.11 Å². The van der Waals surface area contributed by atoms with Crippen molar-refractivity contribution in [3.05, 3.63) is 29.3 Å². The van der Waals surface area contributed by atoms with Crippen LogP contribution in [0.3, 0.4) is 0 Å². The second-order valence-corrected chi connectivity index (χ2v) is 6.56. The summed E-state index contributed by atoms with van der Waals surface area (Å²) < 4.78 is 0. The fourth-order valence-corrected chi connectivity index (χ4v) is 3.02. The van der Waals surface area contributed by atoms with Crippen LogP contribution in [0.4, 0.5) is 0 Å². The van der Waals surface area contributed by atoms with Crippen LogP contribution in [0.2, 0.25) is 0 Å². The molecule has 19 heavy (non-hydrogen) atoms. The van der Waals surface area contributed by atoms with Gasteiger partial charge in [0.25, 0.3) is 0 Å². The van der Waals surface area contributed by atoms with Crippen molar-refractivity contribution in [2.45, 2.75) is 57.3 Å². The van der Waals surface area contributed by atoms with Crippen molar-refractivity contribution in [2.75, 3.05) is 0 Å². The minimum absolute atomic E-state index is 0.216. The number of benzene rings is 1. The molecular formula is C16H21O3-. The maximum atomic E-state index is 11.6. The van der Waals surface area contributed by atoms with Gasteiger partial charge < -0.3 is 15.0 Å². The molecule has 1 aromatic carbocycles. The molecule has 2 rings (SSSR count). The molecule has 1 aromatic rings. The lowest BCUT2D eigenvalue weighted by molar-refractivity contribution is -0.313. The van der Waals surface area contributed by atoms with E-state index in [1.807, 2.05) is 26.8 Å². The molecule has 0 spiro atoms. The first-order chi connectivity index (χ1) is 8.77. The molecule has 3 nitrogen and oxygen atoms in total. The Morgan fingerprint density at radius 1 is 1.26 bits per heavy atom. The Kier molecular flexibility index (Phi) is 3.33. The summed E-state index contributed by atoms with van der Waals surface area (Å²) in [6.45, 7) is 6.02. The lowest BCUT2D eigenvalue weighted by Gasteiger charge is -2.32. The van der Waals surface area contributed by atoms with Gasteiger partial charge in [0.15, 0.2) is 0 Å². The van der Waals surface area contributed by atoms with Crippen LogP contribution in [0.1, 0.15) is 57.6 Å². The summed E-state index contributed by atoms with van der Waals surface area (Å²) in [4.78, 5) is 11.6. The lowest BCUT2D eigenvalue weighted by atomic mass is 9.76. The SMILES string of the molecule is CC(C)(C)c1cc(C2(C(=O)[O-])CCCC2)ccc1O. The lowest BCUT2D eigenvalue weighted by Crippen LogP contribution is -2.44. The zero-order valence-electron chi connectivity index (χ0n) is 11.8. The molecule has 1 fully saturated rings. The van der Waals surface area contributed by atoms with Crippen LogP contribution in [0.5, 0.6) is 5.75 Å². The van der Waals surface area contributed by atoms with Gasteiger partial charge in [-0.05, 0) is 35.4 Å². The first kappa shape index (κ1) is 13.9. The standard InChI is InChI=1S/C16H22O3/c1-15(2,3)12-10-11(6-7-13(12)17)16(14(18)19)8-4-5-9-16/h6-7,10,17H,4-5,8-9H2,1-3H3,(H,18,19)/p-1. The molecule has 0 atom stereocenters. The normalized spacial score (nSPS) is 18.5. The number of carbonyl (C=O) groups excluding carboxylic acids is 1. The van der Waals surface area contributed by atoms with E-state index in [0.717, 1.165) is 24.0 Å². The number of phenolic OH excluding ortho intramolecular Hbond substituents is 1. The summed E-state index contributed by atoms with van der Waals surface area (Å²) >= 11 is 0. The quantitative estimate of drug-likeness (QED) is 0.888. The molecule has 0 amide bonds. The molecule has 0 radical (unpaired) electrons. The number of aliphatic carboxylic acids is 1. The highest BCUT2D eigenvalue weighted by atomic mass is 16.4. The van der Waals surface area contributed by atoms with Crippen molar-refractivity contribution in [1.29, 1.82) is 0 Å². The molecule has 0 aliphatic heterocycles. The van der Waals surface area contributed by atoms with Crippen molar-refractivity contribution in [3.63, 3.8) is 0 Å². The van der Waals surface area contributed by atoms with E-state index in [0.29, 0.717) is 12.8 Å². The van der Waals surface area contributed by atoms with Gasteiger partial charge in [-0.15, -0.1) is 0 Å². The van der Waals surface area contributed by atoms with E-state index in [9.17, 15) is 15.0 Å². The summed E-state index contributed by atoms with van der Waals surface area (Å²) in [5, 5.41) is 21.6. The topological polar surface area (TPSA) is 60.4 Å². The average molecular weight is 261 g/mol. The summed E-state index contributed by atoms with van der Waals surface area (Å²) in [5.74, 6) is -0.765. The Bertz CT molecular complexity index is 491. The van der Waals surface area contributed by atoms with Gasteiger partial charge in [-0.2, -0.15) is 0 Å². The third-order valence-corrected chi connectivity index (χ3v) is 4.20. The molecule has 3 heteroatoms. The van der Waals surface area contributed by atoms with Crippen LogP contribution in [0.15, 0.2) is 18.2 Å². The van der Waals surface area contributed by atoms with Gasteiger partial charge in [0, 0.05) is 5.41 Å². The Morgan fingerprint density at radius 3 is 2.32 bits per heavy atom. The molecule has 0 unspecified atom stereocenters. The number of carboxylic acid groups (broad SMARTS) is 1. The fourth-order valence-electron chi connectivity index (χ4n) is 3.02. The minimum Gasteiger partial charge on any atom is -0.549 e. The van der Waals surface area contributed by atoms with Crippen molar-refractivity contribution in [1.82, 2.24) is 0 Å². The van der Waals surface area contributed by atoms with Crippen molar-refractivity contribution in [3.8, 4) is 5.75 Å². The molecule has 1 aliphatic carbocycles. The Morgan fingerprint density at radius 2 is 1.84 bits per heavy atom. The van der Waals surface area contributed by atoms with Gasteiger partial charge >= 0.3 is 0 Å². The van der Waals surface area contributed by atoms with Gasteiger partial charge in [-0.25, -0.2) is 0 Å². The third kappa shape index (κ3) is 2.34. The van der Waals surface area contributed by atoms with Crippen LogP contribution in [-0.4, -0.2) is 11.1 Å².